The number of carbonyl (C=O) groups is 3. The summed E-state index contributed by atoms with van der Waals surface area (Å²) in [7, 11) is 0. The van der Waals surface area contributed by atoms with E-state index in [0.29, 0.717) is 10.7 Å². The van der Waals surface area contributed by atoms with Crippen molar-refractivity contribution in [3.63, 3.8) is 0 Å². The first-order chi connectivity index (χ1) is 11.0. The first-order valence-electron chi connectivity index (χ1n) is 7.09. The van der Waals surface area contributed by atoms with E-state index in [9.17, 15) is 14.4 Å². The van der Waals surface area contributed by atoms with Crippen molar-refractivity contribution in [1.29, 1.82) is 0 Å². The number of ether oxygens (including phenoxy) is 3. The van der Waals surface area contributed by atoms with Crippen LogP contribution in [0.4, 0.5) is 5.69 Å². The molecular weight excluding hydrogens is 326 g/mol. The maximum atomic E-state index is 12.2. The molecule has 1 aromatic carbocycles. The summed E-state index contributed by atoms with van der Waals surface area (Å²) in [6.07, 6.45) is 0. The summed E-state index contributed by atoms with van der Waals surface area (Å²) in [5.41, 5.74) is 0.403. The van der Waals surface area contributed by atoms with Gasteiger partial charge in [-0.1, -0.05) is 11.6 Å². The molecule has 23 heavy (non-hydrogen) atoms. The van der Waals surface area contributed by atoms with Gasteiger partial charge in [-0.05, 0) is 32.0 Å². The number of nitrogens with one attached hydrogen (secondary N) is 1. The van der Waals surface area contributed by atoms with Gasteiger partial charge >= 0.3 is 17.9 Å². The number of rotatable bonds is 5. The second-order valence-corrected chi connectivity index (χ2v) is 5.10. The van der Waals surface area contributed by atoms with E-state index in [1.54, 1.807) is 19.9 Å². The van der Waals surface area contributed by atoms with E-state index in [1.807, 2.05) is 0 Å². The third-order valence-electron chi connectivity index (χ3n) is 3.13. The van der Waals surface area contributed by atoms with Crippen LogP contribution in [0.2, 0.25) is 5.02 Å². The van der Waals surface area contributed by atoms with E-state index in [-0.39, 0.29) is 19.0 Å². The smallest absolute Gasteiger partial charge is 0.335 e. The Morgan fingerprint density at radius 2 is 1.87 bits per heavy atom. The van der Waals surface area contributed by atoms with Crippen molar-refractivity contribution in [2.75, 3.05) is 18.5 Å². The van der Waals surface area contributed by atoms with Crippen LogP contribution in [0.1, 0.15) is 13.8 Å². The van der Waals surface area contributed by atoms with Gasteiger partial charge in [0.2, 0.25) is 0 Å². The predicted octanol–water partition coefficient (Wildman–Crippen LogP) is 1.78. The second-order valence-electron chi connectivity index (χ2n) is 4.67. The molecule has 0 aliphatic carbocycles. The average molecular weight is 342 g/mol. The molecule has 1 unspecified atom stereocenters. The van der Waals surface area contributed by atoms with Crippen molar-refractivity contribution in [1.82, 2.24) is 0 Å². The van der Waals surface area contributed by atoms with E-state index >= 15 is 0 Å². The summed E-state index contributed by atoms with van der Waals surface area (Å²) >= 11 is 5.90. The van der Waals surface area contributed by atoms with Gasteiger partial charge in [0.15, 0.2) is 11.7 Å². The number of anilines is 1. The number of halogens is 1. The molecule has 7 nitrogen and oxygen atoms in total. The predicted molar refractivity (Wildman–Crippen MR) is 81.3 cm³/mol. The largest absolute Gasteiger partial charge is 0.465 e. The number of benzene rings is 1. The van der Waals surface area contributed by atoms with Crippen LogP contribution >= 0.6 is 11.6 Å². The van der Waals surface area contributed by atoms with Gasteiger partial charge in [0, 0.05) is 5.02 Å². The Bertz CT molecular complexity index is 614. The second kappa shape index (κ2) is 7.32. The van der Waals surface area contributed by atoms with Crippen molar-refractivity contribution in [3.05, 3.63) is 23.2 Å². The van der Waals surface area contributed by atoms with Crippen molar-refractivity contribution >= 4 is 35.2 Å². The molecule has 1 heterocycles. The van der Waals surface area contributed by atoms with Crippen LogP contribution in [0.15, 0.2) is 18.2 Å². The van der Waals surface area contributed by atoms with Crippen LogP contribution in [-0.4, -0.2) is 37.2 Å². The molecule has 0 fully saturated rings. The molecule has 1 N–H and O–H groups in total. The van der Waals surface area contributed by atoms with Gasteiger partial charge in [-0.25, -0.2) is 4.79 Å². The Kier molecular flexibility index (Phi) is 5.44. The molecular formula is C15H16ClNO6. The van der Waals surface area contributed by atoms with Crippen LogP contribution in [0.25, 0.3) is 0 Å². The minimum atomic E-state index is -1.46. The third kappa shape index (κ3) is 3.73. The summed E-state index contributed by atoms with van der Waals surface area (Å²) in [5, 5.41) is 3.22. The van der Waals surface area contributed by atoms with Crippen LogP contribution in [-0.2, 0) is 23.9 Å². The summed E-state index contributed by atoms with van der Waals surface area (Å²) in [5.74, 6) is -3.68. The maximum Gasteiger partial charge on any atom is 0.335 e. The lowest BCUT2D eigenvalue weighted by Gasteiger charge is -2.29. The molecule has 2 rings (SSSR count). The van der Waals surface area contributed by atoms with E-state index in [1.165, 1.54) is 12.1 Å². The normalized spacial score (nSPS) is 16.2. The van der Waals surface area contributed by atoms with Crippen LogP contribution in [0.3, 0.4) is 0 Å². The zero-order valence-corrected chi connectivity index (χ0v) is 13.4. The highest BCUT2D eigenvalue weighted by atomic mass is 35.5. The summed E-state index contributed by atoms with van der Waals surface area (Å²) in [4.78, 5) is 36.3. The fraction of sp³-hybridized carbons (Fsp3) is 0.400. The number of fused-ring (bicyclic) bond motifs is 1. The van der Waals surface area contributed by atoms with E-state index in [4.69, 9.17) is 25.8 Å². The van der Waals surface area contributed by atoms with Gasteiger partial charge in [-0.3, -0.25) is 9.59 Å². The average Bonchev–Trinajstić information content (AvgIpc) is 2.49. The lowest BCUT2D eigenvalue weighted by Crippen LogP contribution is -2.50. The number of esters is 3. The highest BCUT2D eigenvalue weighted by Gasteiger charge is 2.45. The molecule has 0 spiro atoms. The topological polar surface area (TPSA) is 90.9 Å². The fourth-order valence-electron chi connectivity index (χ4n) is 2.15. The van der Waals surface area contributed by atoms with Gasteiger partial charge in [-0.2, -0.15) is 0 Å². The quantitative estimate of drug-likeness (QED) is 0.496. The van der Waals surface area contributed by atoms with Gasteiger partial charge in [0.05, 0.1) is 18.9 Å². The van der Waals surface area contributed by atoms with Crippen LogP contribution in [0, 0.1) is 5.92 Å². The van der Waals surface area contributed by atoms with Gasteiger partial charge in [-0.15, -0.1) is 0 Å². The van der Waals surface area contributed by atoms with E-state index in [0.717, 1.165) is 0 Å². The van der Waals surface area contributed by atoms with E-state index < -0.39 is 29.9 Å². The third-order valence-corrected chi connectivity index (χ3v) is 3.37. The molecule has 0 saturated heterocycles. The Morgan fingerprint density at radius 3 is 2.43 bits per heavy atom. The molecule has 0 amide bonds. The molecule has 1 aliphatic heterocycles. The van der Waals surface area contributed by atoms with Gasteiger partial charge in [0.25, 0.3) is 0 Å². The molecule has 1 aliphatic rings. The summed E-state index contributed by atoms with van der Waals surface area (Å²) < 4.78 is 14.9. The first-order valence-corrected chi connectivity index (χ1v) is 7.46. The molecule has 0 aromatic heterocycles. The summed E-state index contributed by atoms with van der Waals surface area (Å²) in [6, 6.07) is 3.36. The minimum absolute atomic E-state index is 0.0684. The highest BCUT2D eigenvalue weighted by Crippen LogP contribution is 2.34. The maximum absolute atomic E-state index is 12.2. The zero-order chi connectivity index (χ0) is 17.0. The molecule has 1 atom stereocenters. The van der Waals surface area contributed by atoms with Gasteiger partial charge < -0.3 is 19.5 Å². The van der Waals surface area contributed by atoms with Crippen LogP contribution < -0.4 is 10.1 Å². The molecule has 8 heteroatoms. The number of hydrogen-bond acceptors (Lipinski definition) is 7. The van der Waals surface area contributed by atoms with Gasteiger partial charge in [0.1, 0.15) is 6.04 Å². The van der Waals surface area contributed by atoms with Crippen molar-refractivity contribution in [3.8, 4) is 5.75 Å². The highest BCUT2D eigenvalue weighted by molar-refractivity contribution is 6.31. The Morgan fingerprint density at radius 1 is 1.26 bits per heavy atom. The lowest BCUT2D eigenvalue weighted by molar-refractivity contribution is -0.165. The standard InChI is InChI=1S/C15H16ClNO6/c1-3-21-13(18)11(14(19)22-4-2)12-15(20)23-10-6-5-8(16)7-9(10)17-12/h5-7,11-12,17H,3-4H2,1-2H3. The molecule has 0 radical (unpaired) electrons. The first kappa shape index (κ1) is 17.1. The van der Waals surface area contributed by atoms with E-state index in [2.05, 4.69) is 5.32 Å². The Balaban J connectivity index is 2.32. The molecule has 0 saturated carbocycles. The van der Waals surface area contributed by atoms with Crippen LogP contribution in [0.5, 0.6) is 5.75 Å². The molecule has 124 valence electrons. The fourth-order valence-corrected chi connectivity index (χ4v) is 2.33. The SMILES string of the molecule is CCOC(=O)C(C(=O)OCC)C1Nc2cc(Cl)ccc2OC1=O. The van der Waals surface area contributed by atoms with Crippen molar-refractivity contribution in [2.45, 2.75) is 19.9 Å². The minimum Gasteiger partial charge on any atom is -0.465 e. The zero-order valence-electron chi connectivity index (χ0n) is 12.6. The lowest BCUT2D eigenvalue weighted by atomic mass is 9.98. The number of carbonyl (C=O) groups excluding carboxylic acids is 3. The molecule has 0 bridgehead atoms. The summed E-state index contributed by atoms with van der Waals surface area (Å²) in [6.45, 7) is 3.33. The van der Waals surface area contributed by atoms with Crippen molar-refractivity contribution in [2.24, 2.45) is 5.92 Å². The monoisotopic (exact) mass is 341 g/mol. The number of hydrogen-bond donors (Lipinski definition) is 1. The molecule has 1 aromatic rings. The Labute approximate surface area is 137 Å². The van der Waals surface area contributed by atoms with Crippen molar-refractivity contribution < 1.29 is 28.6 Å². The Hall–Kier alpha value is -2.28.